The lowest BCUT2D eigenvalue weighted by atomic mass is 9.83. The van der Waals surface area contributed by atoms with E-state index in [1.165, 1.54) is 20.3 Å². The number of carbonyl (C=O) groups excluding carboxylic acids is 3. The third-order valence-corrected chi connectivity index (χ3v) is 3.93. The van der Waals surface area contributed by atoms with Gasteiger partial charge in [0.15, 0.2) is 11.7 Å². The molecule has 26 heavy (non-hydrogen) atoms. The number of carbonyl (C=O) groups is 3. The molecule has 0 bridgehead atoms. The molecule has 0 aliphatic rings. The molecule has 1 aromatic rings. The molecule has 1 rings (SSSR count). The van der Waals surface area contributed by atoms with Gasteiger partial charge >= 0.3 is 11.9 Å². The van der Waals surface area contributed by atoms with Gasteiger partial charge in [0.25, 0.3) is 0 Å². The monoisotopic (exact) mass is 366 g/mol. The summed E-state index contributed by atoms with van der Waals surface area (Å²) in [5, 5.41) is 0. The lowest BCUT2D eigenvalue weighted by molar-refractivity contribution is -0.163. The quantitative estimate of drug-likeness (QED) is 0.357. The first-order valence-electron chi connectivity index (χ1n) is 8.54. The van der Waals surface area contributed by atoms with Crippen LogP contribution >= 0.6 is 0 Å². The third kappa shape index (κ3) is 4.97. The number of hydrogen-bond donors (Lipinski definition) is 0. The van der Waals surface area contributed by atoms with Gasteiger partial charge in [0.1, 0.15) is 11.5 Å². The average molecular weight is 366 g/mol. The van der Waals surface area contributed by atoms with Gasteiger partial charge in [-0.15, -0.1) is 0 Å². The molecule has 0 heterocycles. The van der Waals surface area contributed by atoms with E-state index in [2.05, 4.69) is 0 Å². The van der Waals surface area contributed by atoms with Gasteiger partial charge < -0.3 is 18.9 Å². The Balaban J connectivity index is 3.33. The zero-order chi connectivity index (χ0) is 19.7. The lowest BCUT2D eigenvalue weighted by Gasteiger charge is -2.23. The van der Waals surface area contributed by atoms with Crippen molar-refractivity contribution in [2.75, 3.05) is 27.4 Å². The van der Waals surface area contributed by atoms with Crippen LogP contribution in [0.4, 0.5) is 0 Å². The fourth-order valence-electron chi connectivity index (χ4n) is 2.67. The molecule has 0 amide bonds. The van der Waals surface area contributed by atoms with Crippen LogP contribution in [0.5, 0.6) is 11.5 Å². The number of esters is 2. The van der Waals surface area contributed by atoms with Gasteiger partial charge in [-0.2, -0.15) is 0 Å². The number of methoxy groups -OCH3 is 2. The largest absolute Gasteiger partial charge is 0.497 e. The van der Waals surface area contributed by atoms with Gasteiger partial charge in [0, 0.05) is 5.92 Å². The summed E-state index contributed by atoms with van der Waals surface area (Å²) in [6.45, 7) is 5.19. The van der Waals surface area contributed by atoms with Crippen molar-refractivity contribution in [3.05, 3.63) is 23.8 Å². The molecule has 0 saturated carbocycles. The van der Waals surface area contributed by atoms with Crippen LogP contribution in [-0.4, -0.2) is 45.2 Å². The van der Waals surface area contributed by atoms with E-state index in [4.69, 9.17) is 18.9 Å². The van der Waals surface area contributed by atoms with Gasteiger partial charge in [-0.1, -0.05) is 6.92 Å². The number of ketones is 1. The molecule has 7 heteroatoms. The van der Waals surface area contributed by atoms with Crippen LogP contribution < -0.4 is 9.47 Å². The maximum atomic E-state index is 13.1. The van der Waals surface area contributed by atoms with Crippen LogP contribution in [0.1, 0.15) is 37.6 Å². The van der Waals surface area contributed by atoms with Gasteiger partial charge in [-0.3, -0.25) is 14.4 Å². The zero-order valence-corrected chi connectivity index (χ0v) is 15.9. The van der Waals surface area contributed by atoms with Crippen molar-refractivity contribution < 1.29 is 33.3 Å². The van der Waals surface area contributed by atoms with Crippen LogP contribution in [0.25, 0.3) is 0 Å². The second-order valence-corrected chi connectivity index (χ2v) is 5.43. The average Bonchev–Trinajstić information content (AvgIpc) is 2.64. The van der Waals surface area contributed by atoms with Crippen molar-refractivity contribution in [2.24, 2.45) is 11.8 Å². The molecule has 0 aromatic heterocycles. The summed E-state index contributed by atoms with van der Waals surface area (Å²) in [6, 6.07) is 4.78. The van der Waals surface area contributed by atoms with Crippen LogP contribution in [0, 0.1) is 11.8 Å². The second kappa shape index (κ2) is 10.4. The maximum Gasteiger partial charge on any atom is 0.321 e. The topological polar surface area (TPSA) is 88.1 Å². The molecule has 0 aliphatic carbocycles. The predicted molar refractivity (Wildman–Crippen MR) is 94.4 cm³/mol. The van der Waals surface area contributed by atoms with E-state index in [0.717, 1.165) is 0 Å². The van der Waals surface area contributed by atoms with Crippen LogP contribution in [0.3, 0.4) is 0 Å². The molecular weight excluding hydrogens is 340 g/mol. The number of hydrogen-bond acceptors (Lipinski definition) is 7. The highest BCUT2D eigenvalue weighted by Gasteiger charge is 2.41. The van der Waals surface area contributed by atoms with Gasteiger partial charge in [-0.25, -0.2) is 0 Å². The second-order valence-electron chi connectivity index (χ2n) is 5.43. The lowest BCUT2D eigenvalue weighted by Crippen LogP contribution is -2.38. The minimum Gasteiger partial charge on any atom is -0.497 e. The van der Waals surface area contributed by atoms with Crippen molar-refractivity contribution in [1.82, 2.24) is 0 Å². The minimum absolute atomic E-state index is 0.0991. The molecule has 1 unspecified atom stereocenters. The van der Waals surface area contributed by atoms with Crippen molar-refractivity contribution in [3.8, 4) is 11.5 Å². The summed E-state index contributed by atoms with van der Waals surface area (Å²) in [5.74, 6) is -3.42. The Kier molecular flexibility index (Phi) is 8.61. The number of rotatable bonds is 10. The first-order chi connectivity index (χ1) is 12.4. The fraction of sp³-hybridized carbons (Fsp3) is 0.526. The molecule has 144 valence electrons. The van der Waals surface area contributed by atoms with Crippen LogP contribution in [0.2, 0.25) is 0 Å². The van der Waals surface area contributed by atoms with Crippen LogP contribution in [0.15, 0.2) is 18.2 Å². The standard InChI is InChI=1S/C19H26O7/c1-6-13(16(18(21)25-7-2)19(22)26-8-3)17(20)14-11-12(23-4)9-10-15(14)24-5/h9-11,13,16H,6-8H2,1-5H3. The Morgan fingerprint density at radius 3 is 1.92 bits per heavy atom. The Hall–Kier alpha value is -2.57. The van der Waals surface area contributed by atoms with Gasteiger partial charge in [0.05, 0.1) is 33.0 Å². The smallest absolute Gasteiger partial charge is 0.321 e. The van der Waals surface area contributed by atoms with Crippen molar-refractivity contribution in [2.45, 2.75) is 27.2 Å². The van der Waals surface area contributed by atoms with Crippen LogP contribution in [-0.2, 0) is 19.1 Å². The molecular formula is C19H26O7. The summed E-state index contributed by atoms with van der Waals surface area (Å²) < 4.78 is 20.4. The number of Topliss-reactive ketones (excluding diaryl/α,β-unsaturated/α-hetero) is 1. The molecule has 1 atom stereocenters. The first kappa shape index (κ1) is 21.5. The summed E-state index contributed by atoms with van der Waals surface area (Å²) in [7, 11) is 2.92. The molecule has 0 fully saturated rings. The van der Waals surface area contributed by atoms with E-state index in [1.54, 1.807) is 32.9 Å². The van der Waals surface area contributed by atoms with Gasteiger partial charge in [-0.05, 0) is 38.5 Å². The van der Waals surface area contributed by atoms with Gasteiger partial charge in [0.2, 0.25) is 0 Å². The normalized spacial score (nSPS) is 11.6. The summed E-state index contributed by atoms with van der Waals surface area (Å²) in [4.78, 5) is 37.8. The maximum absolute atomic E-state index is 13.1. The van der Waals surface area contributed by atoms with E-state index in [1.807, 2.05) is 0 Å². The van der Waals surface area contributed by atoms with Crippen molar-refractivity contribution in [3.63, 3.8) is 0 Å². The Labute approximate surface area is 153 Å². The number of benzene rings is 1. The SMILES string of the molecule is CCOC(=O)C(C(=O)OCC)C(CC)C(=O)c1cc(OC)ccc1OC. The molecule has 0 radical (unpaired) electrons. The Morgan fingerprint density at radius 2 is 1.50 bits per heavy atom. The fourth-order valence-corrected chi connectivity index (χ4v) is 2.67. The highest BCUT2D eigenvalue weighted by Crippen LogP contribution is 2.31. The van der Waals surface area contributed by atoms with E-state index < -0.39 is 29.6 Å². The number of ether oxygens (including phenoxy) is 4. The molecule has 0 spiro atoms. The molecule has 1 aromatic carbocycles. The molecule has 7 nitrogen and oxygen atoms in total. The molecule has 0 aliphatic heterocycles. The molecule has 0 N–H and O–H groups in total. The highest BCUT2D eigenvalue weighted by molar-refractivity contribution is 6.07. The first-order valence-corrected chi connectivity index (χ1v) is 8.54. The van der Waals surface area contributed by atoms with Crippen molar-refractivity contribution >= 4 is 17.7 Å². The summed E-state index contributed by atoms with van der Waals surface area (Å²) in [6.07, 6.45) is 0.251. The highest BCUT2D eigenvalue weighted by atomic mass is 16.6. The zero-order valence-electron chi connectivity index (χ0n) is 15.9. The molecule has 0 saturated heterocycles. The summed E-state index contributed by atoms with van der Waals surface area (Å²) in [5.41, 5.74) is 0.234. The Morgan fingerprint density at radius 1 is 0.923 bits per heavy atom. The summed E-state index contributed by atoms with van der Waals surface area (Å²) >= 11 is 0. The van der Waals surface area contributed by atoms with E-state index in [0.29, 0.717) is 11.5 Å². The minimum atomic E-state index is -1.33. The third-order valence-electron chi connectivity index (χ3n) is 3.93. The predicted octanol–water partition coefficient (Wildman–Crippen LogP) is 2.66. The van der Waals surface area contributed by atoms with Crippen molar-refractivity contribution in [1.29, 1.82) is 0 Å². The van der Waals surface area contributed by atoms with E-state index in [9.17, 15) is 14.4 Å². The van der Waals surface area contributed by atoms with E-state index in [-0.39, 0.29) is 25.2 Å². The van der Waals surface area contributed by atoms with E-state index >= 15 is 0 Å². The Bertz CT molecular complexity index is 621.